The van der Waals surface area contributed by atoms with Gasteiger partial charge in [-0.1, -0.05) is 57.6 Å². The summed E-state index contributed by atoms with van der Waals surface area (Å²) < 4.78 is 0. The Labute approximate surface area is 144 Å². The van der Waals surface area contributed by atoms with Crippen LogP contribution in [-0.4, -0.2) is 0 Å². The lowest BCUT2D eigenvalue weighted by Gasteiger charge is -2.56. The number of allylic oxidation sites excluding steroid dienone is 2. The van der Waals surface area contributed by atoms with Gasteiger partial charge in [0.15, 0.2) is 0 Å². The second-order valence-electron chi connectivity index (χ2n) is 9.71. The summed E-state index contributed by atoms with van der Waals surface area (Å²) in [6, 6.07) is 0. The van der Waals surface area contributed by atoms with E-state index >= 15 is 0 Å². The van der Waals surface area contributed by atoms with E-state index in [1.54, 1.807) is 25.7 Å². The van der Waals surface area contributed by atoms with Crippen molar-refractivity contribution in [3.63, 3.8) is 0 Å². The topological polar surface area (TPSA) is 0 Å². The van der Waals surface area contributed by atoms with Gasteiger partial charge >= 0.3 is 0 Å². The highest BCUT2D eigenvalue weighted by molar-refractivity contribution is 5.18. The average Bonchev–Trinajstić information content (AvgIpc) is 2.96. The molecule has 0 spiro atoms. The first-order valence-corrected chi connectivity index (χ1v) is 10.9. The zero-order valence-corrected chi connectivity index (χ0v) is 15.7. The highest BCUT2D eigenvalue weighted by Crippen LogP contribution is 2.64. The van der Waals surface area contributed by atoms with Gasteiger partial charge in [0.2, 0.25) is 0 Å². The molecule has 0 nitrogen and oxygen atoms in total. The molecule has 3 fully saturated rings. The predicted molar refractivity (Wildman–Crippen MR) is 99.3 cm³/mol. The maximum atomic E-state index is 2.68. The Morgan fingerprint density at radius 1 is 1.13 bits per heavy atom. The summed E-state index contributed by atoms with van der Waals surface area (Å²) in [5, 5.41) is 0. The fraction of sp³-hybridized carbons (Fsp3) is 0.913. The number of unbranched alkanes of at least 4 members (excludes halogenated alkanes) is 2. The molecule has 0 saturated heterocycles. The Morgan fingerprint density at radius 2 is 2.04 bits per heavy atom. The van der Waals surface area contributed by atoms with Gasteiger partial charge in [-0.25, -0.2) is 0 Å². The molecule has 0 bridgehead atoms. The SMILES string of the molecule is CCCCC[C@H]1C[C@]2(C)CCC[C@H]2[C@@H]2CCC3=CCCC[C@@H]3[C@@H]12. The van der Waals surface area contributed by atoms with Crippen LogP contribution in [-0.2, 0) is 0 Å². The quantitative estimate of drug-likeness (QED) is 0.382. The molecular weight excluding hydrogens is 276 g/mol. The predicted octanol–water partition coefficient (Wildman–Crippen LogP) is 7.15. The highest BCUT2D eigenvalue weighted by Gasteiger charge is 2.55. The summed E-state index contributed by atoms with van der Waals surface area (Å²) in [4.78, 5) is 0. The van der Waals surface area contributed by atoms with Gasteiger partial charge in [0.1, 0.15) is 0 Å². The average molecular weight is 315 g/mol. The highest BCUT2D eigenvalue weighted by atomic mass is 14.6. The molecule has 0 aromatic heterocycles. The van der Waals surface area contributed by atoms with Crippen LogP contribution in [0.3, 0.4) is 0 Å². The minimum absolute atomic E-state index is 0.716. The zero-order valence-electron chi connectivity index (χ0n) is 15.7. The summed E-state index contributed by atoms with van der Waals surface area (Å²) in [5.74, 6) is 5.29. The van der Waals surface area contributed by atoms with E-state index in [0.717, 1.165) is 29.6 Å². The first-order valence-electron chi connectivity index (χ1n) is 10.9. The lowest BCUT2D eigenvalue weighted by molar-refractivity contribution is -0.0489. The smallest absolute Gasteiger partial charge is 0.0169 e. The van der Waals surface area contributed by atoms with E-state index in [2.05, 4.69) is 19.9 Å². The van der Waals surface area contributed by atoms with Crippen molar-refractivity contribution in [2.24, 2.45) is 35.0 Å². The molecule has 0 aromatic carbocycles. The zero-order chi connectivity index (χ0) is 15.9. The van der Waals surface area contributed by atoms with E-state index in [-0.39, 0.29) is 0 Å². The van der Waals surface area contributed by atoms with Crippen molar-refractivity contribution >= 4 is 0 Å². The van der Waals surface area contributed by atoms with Crippen LogP contribution in [0.15, 0.2) is 11.6 Å². The molecule has 0 heterocycles. The minimum Gasteiger partial charge on any atom is -0.0850 e. The summed E-state index contributed by atoms with van der Waals surface area (Å²) in [6.45, 7) is 5.04. The van der Waals surface area contributed by atoms with Crippen LogP contribution >= 0.6 is 0 Å². The number of fused-ring (bicyclic) bond motifs is 5. The van der Waals surface area contributed by atoms with Crippen LogP contribution in [0.25, 0.3) is 0 Å². The summed E-state index contributed by atoms with van der Waals surface area (Å²) in [7, 11) is 0. The second-order valence-corrected chi connectivity index (χ2v) is 9.71. The lowest BCUT2D eigenvalue weighted by atomic mass is 9.48. The second kappa shape index (κ2) is 6.57. The van der Waals surface area contributed by atoms with Crippen LogP contribution in [0.5, 0.6) is 0 Å². The molecule has 0 aromatic rings. The molecule has 4 rings (SSSR count). The number of hydrogen-bond acceptors (Lipinski definition) is 0. The Kier molecular flexibility index (Phi) is 4.63. The van der Waals surface area contributed by atoms with E-state index in [0.29, 0.717) is 5.41 Å². The van der Waals surface area contributed by atoms with Crippen LogP contribution in [0.4, 0.5) is 0 Å². The van der Waals surface area contributed by atoms with Crippen molar-refractivity contribution in [1.29, 1.82) is 0 Å². The third kappa shape index (κ3) is 2.83. The molecule has 0 N–H and O–H groups in total. The number of hydrogen-bond donors (Lipinski definition) is 0. The van der Waals surface area contributed by atoms with Gasteiger partial charge in [0.05, 0.1) is 0 Å². The summed E-state index contributed by atoms with van der Waals surface area (Å²) >= 11 is 0. The molecule has 0 radical (unpaired) electrons. The molecule has 0 aliphatic heterocycles. The standard InChI is InChI=1S/C23H38/c1-3-4-5-10-18-16-23(2)15-8-12-21(23)20-14-13-17-9-6-7-11-19(17)22(18)20/h9,18-22H,3-8,10-16H2,1-2H3/t18-,19-,20-,21-,22+,23-/m0/s1. The molecule has 130 valence electrons. The molecule has 3 saturated carbocycles. The van der Waals surface area contributed by atoms with Crippen LogP contribution in [0.1, 0.15) is 97.3 Å². The summed E-state index contributed by atoms with van der Waals surface area (Å²) in [6.07, 6.45) is 22.1. The monoisotopic (exact) mass is 314 g/mol. The van der Waals surface area contributed by atoms with Gasteiger partial charge in [0, 0.05) is 0 Å². The molecule has 4 aliphatic rings. The fourth-order valence-electron chi connectivity index (χ4n) is 7.59. The van der Waals surface area contributed by atoms with Gasteiger partial charge < -0.3 is 0 Å². The molecular formula is C23H38. The first kappa shape index (κ1) is 16.2. The van der Waals surface area contributed by atoms with Gasteiger partial charge in [-0.3, -0.25) is 0 Å². The fourth-order valence-corrected chi connectivity index (χ4v) is 7.59. The van der Waals surface area contributed by atoms with E-state index < -0.39 is 0 Å². The normalized spacial score (nSPS) is 45.8. The van der Waals surface area contributed by atoms with Crippen molar-refractivity contribution in [3.8, 4) is 0 Å². The maximum absolute atomic E-state index is 2.68. The Morgan fingerprint density at radius 3 is 2.91 bits per heavy atom. The molecule has 6 atom stereocenters. The van der Waals surface area contributed by atoms with Crippen LogP contribution < -0.4 is 0 Å². The maximum Gasteiger partial charge on any atom is -0.0169 e. The molecule has 0 amide bonds. The van der Waals surface area contributed by atoms with E-state index in [4.69, 9.17) is 0 Å². The van der Waals surface area contributed by atoms with Gasteiger partial charge in [-0.05, 0) is 86.4 Å². The van der Waals surface area contributed by atoms with Gasteiger partial charge in [0.25, 0.3) is 0 Å². The Balaban J connectivity index is 1.60. The Bertz CT molecular complexity index is 447. The van der Waals surface area contributed by atoms with Crippen molar-refractivity contribution in [2.45, 2.75) is 97.3 Å². The van der Waals surface area contributed by atoms with Crippen molar-refractivity contribution < 1.29 is 0 Å². The molecule has 4 aliphatic carbocycles. The number of rotatable bonds is 4. The lowest BCUT2D eigenvalue weighted by Crippen LogP contribution is -2.48. The summed E-state index contributed by atoms with van der Waals surface area (Å²) in [5.41, 5.74) is 2.62. The van der Waals surface area contributed by atoms with Gasteiger partial charge in [-0.15, -0.1) is 0 Å². The largest absolute Gasteiger partial charge is 0.0850 e. The minimum atomic E-state index is 0.716. The van der Waals surface area contributed by atoms with Crippen molar-refractivity contribution in [3.05, 3.63) is 11.6 Å². The van der Waals surface area contributed by atoms with E-state index in [1.807, 2.05) is 5.57 Å². The van der Waals surface area contributed by atoms with E-state index in [9.17, 15) is 0 Å². The Hall–Kier alpha value is -0.260. The van der Waals surface area contributed by atoms with E-state index in [1.165, 1.54) is 57.8 Å². The van der Waals surface area contributed by atoms with Crippen LogP contribution in [0, 0.1) is 35.0 Å². The van der Waals surface area contributed by atoms with Crippen LogP contribution in [0.2, 0.25) is 0 Å². The first-order chi connectivity index (χ1) is 11.2. The third-order valence-corrected chi connectivity index (χ3v) is 8.45. The van der Waals surface area contributed by atoms with Crippen molar-refractivity contribution in [2.75, 3.05) is 0 Å². The molecule has 0 unspecified atom stereocenters. The molecule has 23 heavy (non-hydrogen) atoms. The van der Waals surface area contributed by atoms with Crippen molar-refractivity contribution in [1.82, 2.24) is 0 Å². The molecule has 0 heteroatoms. The van der Waals surface area contributed by atoms with Gasteiger partial charge in [-0.2, -0.15) is 0 Å². The third-order valence-electron chi connectivity index (χ3n) is 8.45.